The second-order valence-corrected chi connectivity index (χ2v) is 8.80. The Morgan fingerprint density at radius 1 is 1.11 bits per heavy atom. The Morgan fingerprint density at radius 2 is 1.93 bits per heavy atom. The SMILES string of the molecule is CCN1C(=O)C(=CC=C2Sc3ccc4ccccc4c3N2CCO)SC1=S. The molecular weight excluding hydrogens is 396 g/mol. The summed E-state index contributed by atoms with van der Waals surface area (Å²) < 4.78 is 0.604. The topological polar surface area (TPSA) is 43.8 Å². The molecule has 1 fully saturated rings. The molecule has 4 rings (SSSR count). The summed E-state index contributed by atoms with van der Waals surface area (Å²) in [5.41, 5.74) is 1.12. The molecule has 0 saturated carbocycles. The predicted molar refractivity (Wildman–Crippen MR) is 118 cm³/mol. The minimum absolute atomic E-state index is 0.0379. The first-order valence-electron chi connectivity index (χ1n) is 8.67. The molecule has 138 valence electrons. The molecule has 0 radical (unpaired) electrons. The van der Waals surface area contributed by atoms with Crippen molar-refractivity contribution in [2.24, 2.45) is 0 Å². The summed E-state index contributed by atoms with van der Waals surface area (Å²) in [7, 11) is 0. The van der Waals surface area contributed by atoms with Crippen LogP contribution in [0.15, 0.2) is 63.4 Å². The number of hydrogen-bond acceptors (Lipinski definition) is 6. The number of allylic oxidation sites excluding steroid dienone is 2. The number of β-amino-alcohol motifs (C(OH)–C–C–N with tert-alkyl or cyclic N) is 1. The Morgan fingerprint density at radius 3 is 2.67 bits per heavy atom. The molecule has 7 heteroatoms. The van der Waals surface area contributed by atoms with E-state index >= 15 is 0 Å². The van der Waals surface area contributed by atoms with Gasteiger partial charge in [0.1, 0.15) is 4.32 Å². The van der Waals surface area contributed by atoms with Crippen molar-refractivity contribution >= 4 is 62.4 Å². The maximum absolute atomic E-state index is 12.4. The van der Waals surface area contributed by atoms with Gasteiger partial charge >= 0.3 is 0 Å². The number of fused-ring (bicyclic) bond motifs is 3. The maximum atomic E-state index is 12.4. The second kappa shape index (κ2) is 7.67. The zero-order valence-corrected chi connectivity index (χ0v) is 17.2. The Balaban J connectivity index is 1.72. The monoisotopic (exact) mass is 414 g/mol. The van der Waals surface area contributed by atoms with Gasteiger partial charge in [0.15, 0.2) is 0 Å². The molecule has 1 N–H and O–H groups in total. The molecule has 1 saturated heterocycles. The molecule has 0 unspecified atom stereocenters. The number of carbonyl (C=O) groups is 1. The summed E-state index contributed by atoms with van der Waals surface area (Å²) in [6.07, 6.45) is 3.80. The highest BCUT2D eigenvalue weighted by Crippen LogP contribution is 2.49. The fraction of sp³-hybridized carbons (Fsp3) is 0.200. The number of anilines is 1. The number of hydrogen-bond donors (Lipinski definition) is 1. The van der Waals surface area contributed by atoms with Crippen LogP contribution < -0.4 is 4.90 Å². The quantitative estimate of drug-likeness (QED) is 0.593. The predicted octanol–water partition coefficient (Wildman–Crippen LogP) is 4.35. The zero-order chi connectivity index (χ0) is 19.0. The lowest BCUT2D eigenvalue weighted by Crippen LogP contribution is -2.27. The highest BCUT2D eigenvalue weighted by molar-refractivity contribution is 8.26. The number of thiocarbonyl (C=S) groups is 1. The molecule has 2 heterocycles. The zero-order valence-electron chi connectivity index (χ0n) is 14.7. The van der Waals surface area contributed by atoms with Crippen molar-refractivity contribution in [1.29, 1.82) is 0 Å². The average Bonchev–Trinajstić information content (AvgIpc) is 3.17. The van der Waals surface area contributed by atoms with Gasteiger partial charge in [-0.3, -0.25) is 9.69 Å². The number of thioether (sulfide) groups is 2. The summed E-state index contributed by atoms with van der Waals surface area (Å²) in [4.78, 5) is 17.9. The van der Waals surface area contributed by atoms with Crippen molar-refractivity contribution in [3.63, 3.8) is 0 Å². The van der Waals surface area contributed by atoms with E-state index < -0.39 is 0 Å². The van der Waals surface area contributed by atoms with E-state index in [-0.39, 0.29) is 12.5 Å². The highest BCUT2D eigenvalue weighted by atomic mass is 32.2. The Labute approximate surface area is 171 Å². The van der Waals surface area contributed by atoms with E-state index in [1.807, 2.05) is 31.2 Å². The average molecular weight is 415 g/mol. The maximum Gasteiger partial charge on any atom is 0.266 e. The smallest absolute Gasteiger partial charge is 0.266 e. The molecule has 0 bridgehead atoms. The fourth-order valence-corrected chi connectivity index (χ4v) is 5.69. The van der Waals surface area contributed by atoms with Crippen molar-refractivity contribution < 1.29 is 9.90 Å². The first-order valence-corrected chi connectivity index (χ1v) is 10.7. The van der Waals surface area contributed by atoms with Crippen LogP contribution in [0.1, 0.15) is 6.92 Å². The van der Waals surface area contributed by atoms with Crippen LogP contribution in [0.25, 0.3) is 10.8 Å². The molecule has 0 spiro atoms. The van der Waals surface area contributed by atoms with Gasteiger partial charge in [-0.2, -0.15) is 0 Å². The van der Waals surface area contributed by atoms with Gasteiger partial charge in [-0.25, -0.2) is 0 Å². The minimum atomic E-state index is -0.0379. The van der Waals surface area contributed by atoms with Crippen LogP contribution in [0.5, 0.6) is 0 Å². The van der Waals surface area contributed by atoms with Crippen LogP contribution >= 0.6 is 35.7 Å². The summed E-state index contributed by atoms with van der Waals surface area (Å²) in [5.74, 6) is -0.0379. The van der Waals surface area contributed by atoms with E-state index in [1.165, 1.54) is 17.1 Å². The highest BCUT2D eigenvalue weighted by Gasteiger charge is 2.31. The normalized spacial score (nSPS) is 19.8. The van der Waals surface area contributed by atoms with Crippen molar-refractivity contribution in [3.05, 3.63) is 58.5 Å². The van der Waals surface area contributed by atoms with Gasteiger partial charge in [0.2, 0.25) is 0 Å². The fourth-order valence-electron chi connectivity index (χ4n) is 3.25. The number of aliphatic hydroxyl groups excluding tert-OH is 1. The van der Waals surface area contributed by atoms with E-state index in [4.69, 9.17) is 12.2 Å². The van der Waals surface area contributed by atoms with Gasteiger partial charge in [0.05, 0.1) is 22.2 Å². The first-order chi connectivity index (χ1) is 13.1. The number of nitrogens with zero attached hydrogens (tertiary/aromatic N) is 2. The number of rotatable bonds is 4. The number of likely N-dealkylation sites (N-methyl/N-ethyl adjacent to an activating group) is 1. The van der Waals surface area contributed by atoms with Gasteiger partial charge in [-0.05, 0) is 30.5 Å². The molecule has 0 atom stereocenters. The largest absolute Gasteiger partial charge is 0.395 e. The van der Waals surface area contributed by atoms with Gasteiger partial charge in [0, 0.05) is 23.4 Å². The van der Waals surface area contributed by atoms with Crippen molar-refractivity contribution in [2.75, 3.05) is 24.6 Å². The van der Waals surface area contributed by atoms with Crippen molar-refractivity contribution in [1.82, 2.24) is 4.90 Å². The van der Waals surface area contributed by atoms with Gasteiger partial charge in [-0.1, -0.05) is 66.1 Å². The van der Waals surface area contributed by atoms with Gasteiger partial charge < -0.3 is 10.0 Å². The van der Waals surface area contributed by atoms with Gasteiger partial charge in [-0.15, -0.1) is 0 Å². The molecule has 2 aliphatic rings. The Bertz CT molecular complexity index is 1000. The lowest BCUT2D eigenvalue weighted by molar-refractivity contribution is -0.122. The molecule has 2 aliphatic heterocycles. The second-order valence-electron chi connectivity index (χ2n) is 6.06. The molecule has 2 aromatic carbocycles. The third-order valence-electron chi connectivity index (χ3n) is 4.50. The Hall–Kier alpha value is -1.80. The molecule has 4 nitrogen and oxygen atoms in total. The molecular formula is C20H18N2O2S3. The number of aliphatic hydroxyl groups is 1. The first kappa shape index (κ1) is 18.6. The summed E-state index contributed by atoms with van der Waals surface area (Å²) in [5, 5.41) is 12.9. The molecule has 1 amide bonds. The van der Waals surface area contributed by atoms with Crippen molar-refractivity contribution in [3.8, 4) is 0 Å². The van der Waals surface area contributed by atoms with Crippen LogP contribution in [0.4, 0.5) is 5.69 Å². The number of carbonyl (C=O) groups excluding carboxylic acids is 1. The standard InChI is InChI=1S/C20H18N2O2S3/c1-2-21-19(24)16(27-20(21)25)9-10-17-22(11-12-23)18-14-6-4-3-5-13(14)7-8-15(18)26-17/h3-10,23H,2,11-12H2,1H3. The summed E-state index contributed by atoms with van der Waals surface area (Å²) in [6.45, 7) is 3.06. The molecule has 27 heavy (non-hydrogen) atoms. The Kier molecular flexibility index (Phi) is 5.27. The molecule has 2 aromatic rings. The number of amides is 1. The van der Waals surface area contributed by atoms with Crippen molar-refractivity contribution in [2.45, 2.75) is 11.8 Å². The summed E-state index contributed by atoms with van der Waals surface area (Å²) >= 11 is 8.27. The lowest BCUT2D eigenvalue weighted by Gasteiger charge is -2.20. The van der Waals surface area contributed by atoms with E-state index in [0.29, 0.717) is 22.3 Å². The van der Waals surface area contributed by atoms with E-state index in [2.05, 4.69) is 29.2 Å². The van der Waals surface area contributed by atoms with Crippen LogP contribution in [0.2, 0.25) is 0 Å². The summed E-state index contributed by atoms with van der Waals surface area (Å²) in [6, 6.07) is 12.5. The molecule has 0 aromatic heterocycles. The minimum Gasteiger partial charge on any atom is -0.395 e. The number of benzene rings is 2. The van der Waals surface area contributed by atoms with E-state index in [0.717, 1.165) is 21.0 Å². The third kappa shape index (κ3) is 3.29. The van der Waals surface area contributed by atoms with Gasteiger partial charge in [0.25, 0.3) is 5.91 Å². The lowest BCUT2D eigenvalue weighted by atomic mass is 10.1. The van der Waals surface area contributed by atoms with Crippen LogP contribution in [0, 0.1) is 0 Å². The molecule has 0 aliphatic carbocycles. The van der Waals surface area contributed by atoms with Crippen LogP contribution in [-0.4, -0.2) is 39.9 Å². The third-order valence-corrected chi connectivity index (χ3v) is 7.02. The van der Waals surface area contributed by atoms with Crippen LogP contribution in [0.3, 0.4) is 0 Å². The van der Waals surface area contributed by atoms with Crippen LogP contribution in [-0.2, 0) is 4.79 Å². The van der Waals surface area contributed by atoms with E-state index in [9.17, 15) is 9.90 Å². The van der Waals surface area contributed by atoms with E-state index in [1.54, 1.807) is 16.7 Å².